The summed E-state index contributed by atoms with van der Waals surface area (Å²) in [4.78, 5) is 41.5. The van der Waals surface area contributed by atoms with E-state index in [0.29, 0.717) is 12.6 Å². The summed E-state index contributed by atoms with van der Waals surface area (Å²) < 4.78 is 27.7. The second-order valence-electron chi connectivity index (χ2n) is 12.8. The van der Waals surface area contributed by atoms with E-state index in [2.05, 4.69) is 22.5 Å². The highest BCUT2D eigenvalue weighted by Gasteiger charge is 2.52. The van der Waals surface area contributed by atoms with Gasteiger partial charge in [0.1, 0.15) is 29.0 Å². The third-order valence-corrected chi connectivity index (χ3v) is 9.96. The van der Waals surface area contributed by atoms with E-state index in [4.69, 9.17) is 23.7 Å². The fraction of sp³-hybridized carbons (Fsp3) is 0.559. The molecule has 0 saturated carbocycles. The van der Waals surface area contributed by atoms with Gasteiger partial charge in [0, 0.05) is 68.9 Å². The smallest absolute Gasteiger partial charge is 0.252 e. The number of carbonyl (C=O) groups excluding carboxylic acids is 3. The monoisotopic (exact) mass is 685 g/mol. The molecule has 49 heavy (non-hydrogen) atoms. The number of ether oxygens (including phenoxy) is 5. The van der Waals surface area contributed by atoms with Crippen molar-refractivity contribution < 1.29 is 58.5 Å². The molecular weight excluding hydrogens is 642 g/mol. The molecule has 1 amide bonds. The topological polar surface area (TPSA) is 206 Å². The summed E-state index contributed by atoms with van der Waals surface area (Å²) in [6, 6.07) is 4.88. The van der Waals surface area contributed by atoms with Crippen molar-refractivity contribution in [2.45, 2.75) is 68.7 Å². The number of hydrogen-bond donors (Lipinski definition) is 6. The van der Waals surface area contributed by atoms with Crippen molar-refractivity contribution in [1.82, 2.24) is 15.5 Å². The second-order valence-corrected chi connectivity index (χ2v) is 12.8. The number of nitrogens with one attached hydrogen (secondary N) is 2. The quantitative estimate of drug-likeness (QED) is 0.151. The molecule has 15 heteroatoms. The molecule has 0 bridgehead atoms. The largest absolute Gasteiger partial charge is 0.507 e. The van der Waals surface area contributed by atoms with Crippen LogP contribution in [0.5, 0.6) is 17.2 Å². The van der Waals surface area contributed by atoms with Crippen LogP contribution in [-0.2, 0) is 30.2 Å². The van der Waals surface area contributed by atoms with Gasteiger partial charge in [0.25, 0.3) is 5.91 Å². The van der Waals surface area contributed by atoms with E-state index in [1.54, 1.807) is 14.2 Å². The number of fused-ring (bicyclic) bond motifs is 6. The molecule has 0 aromatic heterocycles. The fourth-order valence-electron chi connectivity index (χ4n) is 7.57. The molecule has 7 rings (SSSR count). The summed E-state index contributed by atoms with van der Waals surface area (Å²) in [5.74, 6) is -3.44. The molecule has 1 unspecified atom stereocenters. The van der Waals surface area contributed by atoms with Gasteiger partial charge in [-0.1, -0.05) is 12.1 Å². The Balaban J connectivity index is 0.000000216. The van der Waals surface area contributed by atoms with Gasteiger partial charge in [-0.2, -0.15) is 0 Å². The number of aliphatic hydroxyl groups is 2. The van der Waals surface area contributed by atoms with Crippen LogP contribution < -0.4 is 15.4 Å². The van der Waals surface area contributed by atoms with Gasteiger partial charge in [0.05, 0.1) is 42.6 Å². The van der Waals surface area contributed by atoms with Crippen molar-refractivity contribution in [2.24, 2.45) is 0 Å². The molecule has 15 nitrogen and oxygen atoms in total. The normalized spacial score (nSPS) is 30.2. The van der Waals surface area contributed by atoms with Gasteiger partial charge < -0.3 is 54.7 Å². The number of phenols is 2. The minimum absolute atomic E-state index is 0.0158. The lowest BCUT2D eigenvalue weighted by molar-refractivity contribution is -0.246. The molecule has 0 spiro atoms. The van der Waals surface area contributed by atoms with Gasteiger partial charge >= 0.3 is 0 Å². The summed E-state index contributed by atoms with van der Waals surface area (Å²) in [5, 5.41) is 49.0. The van der Waals surface area contributed by atoms with Crippen LogP contribution in [0, 0.1) is 0 Å². The first-order chi connectivity index (χ1) is 23.5. The number of carbonyl (C=O) groups is 3. The number of ketones is 2. The lowest BCUT2D eigenvalue weighted by Gasteiger charge is -2.37. The van der Waals surface area contributed by atoms with E-state index in [1.165, 1.54) is 25.3 Å². The fourth-order valence-corrected chi connectivity index (χ4v) is 7.57. The van der Waals surface area contributed by atoms with Crippen molar-refractivity contribution in [3.63, 3.8) is 0 Å². The number of benzene rings is 2. The zero-order chi connectivity index (χ0) is 35.2. The Kier molecular flexibility index (Phi) is 9.99. The van der Waals surface area contributed by atoms with Gasteiger partial charge in [0.15, 0.2) is 18.3 Å². The summed E-state index contributed by atoms with van der Waals surface area (Å²) in [7, 11) is 4.69. The molecule has 266 valence electrons. The standard InChI is InChI=1S/C23H24N2O8.C11H19NO4/c1-24-6-7-25-22(31)23(32)8-11-14(12(26)9-23)20(29)17-16(19(11)28)18(27)10-4-3-5-13(33-2)15(10)21(17)30;1-7-9-8(3-5-14-7)12-4-6-15-11(13-2)10(12)16-9/h3-5,12,24,26,28-29,32H,6-9H2,1-2H3,(H,25,31);7-11H,3-6H2,1-2H3/t12-,23?;7-,8-,9+,10+,11-/m00/s1. The van der Waals surface area contributed by atoms with E-state index >= 15 is 0 Å². The number of phenolic OH excluding ortho intramolecular Hbond substituents is 2. The number of methoxy groups -OCH3 is 2. The Bertz CT molecular complexity index is 1630. The zero-order valence-electron chi connectivity index (χ0n) is 27.9. The number of aliphatic hydroxyl groups excluding tert-OH is 1. The molecule has 6 N–H and O–H groups in total. The Morgan fingerprint density at radius 2 is 1.82 bits per heavy atom. The maximum absolute atomic E-state index is 13.3. The van der Waals surface area contributed by atoms with Gasteiger partial charge in [0.2, 0.25) is 5.78 Å². The van der Waals surface area contributed by atoms with Crippen LogP contribution in [0.4, 0.5) is 0 Å². The molecule has 0 radical (unpaired) electrons. The molecule has 2 aliphatic carbocycles. The molecule has 2 aromatic carbocycles. The number of amides is 1. The van der Waals surface area contributed by atoms with Crippen LogP contribution in [-0.4, -0.2) is 133 Å². The van der Waals surface area contributed by atoms with Crippen LogP contribution in [0.25, 0.3) is 0 Å². The van der Waals surface area contributed by atoms with Crippen LogP contribution in [0.3, 0.4) is 0 Å². The second kappa shape index (κ2) is 13.9. The zero-order valence-corrected chi connectivity index (χ0v) is 27.9. The number of likely N-dealkylation sites (N-methyl/N-ethyl adjacent to an activating group) is 1. The first kappa shape index (κ1) is 35.2. The maximum atomic E-state index is 13.3. The third-order valence-electron chi connectivity index (χ3n) is 9.96. The minimum Gasteiger partial charge on any atom is -0.507 e. The average molecular weight is 686 g/mol. The number of rotatable bonds is 6. The molecule has 5 aliphatic rings. The molecule has 3 fully saturated rings. The summed E-state index contributed by atoms with van der Waals surface area (Å²) >= 11 is 0. The predicted molar refractivity (Wildman–Crippen MR) is 171 cm³/mol. The molecule has 2 aromatic rings. The molecule has 3 aliphatic heterocycles. The Labute approximate surface area is 283 Å². The van der Waals surface area contributed by atoms with Crippen LogP contribution in [0.2, 0.25) is 0 Å². The Morgan fingerprint density at radius 3 is 2.53 bits per heavy atom. The third kappa shape index (κ3) is 5.97. The van der Waals surface area contributed by atoms with Crippen molar-refractivity contribution in [2.75, 3.05) is 54.1 Å². The predicted octanol–water partition coefficient (Wildman–Crippen LogP) is 0.122. The van der Waals surface area contributed by atoms with Crippen molar-refractivity contribution in [3.05, 3.63) is 51.6 Å². The number of nitrogens with zero attached hydrogens (tertiary/aromatic N) is 1. The highest BCUT2D eigenvalue weighted by Crippen LogP contribution is 2.51. The van der Waals surface area contributed by atoms with Crippen molar-refractivity contribution in [1.29, 1.82) is 0 Å². The first-order valence-corrected chi connectivity index (χ1v) is 16.3. The SMILES string of the molecule is CNCCNC(=O)C1(O)Cc2c(O)c3c(c(O)c2[C@@H](O)C1)C(=O)c1c(OC)cccc1C3=O.CO[C@H]1OCCN2[C@@H]1O[C@@H]1[C@H](C)OCC[C@@H]12. The van der Waals surface area contributed by atoms with E-state index in [0.717, 1.165) is 26.2 Å². The maximum Gasteiger partial charge on any atom is 0.252 e. The average Bonchev–Trinajstić information content (AvgIpc) is 3.49. The van der Waals surface area contributed by atoms with E-state index in [-0.39, 0.29) is 59.3 Å². The lowest BCUT2D eigenvalue weighted by atomic mass is 9.72. The van der Waals surface area contributed by atoms with E-state index < -0.39 is 64.6 Å². The van der Waals surface area contributed by atoms with Crippen molar-refractivity contribution in [3.8, 4) is 17.2 Å². The van der Waals surface area contributed by atoms with Crippen LogP contribution >= 0.6 is 0 Å². The molecule has 7 atom stereocenters. The van der Waals surface area contributed by atoms with Crippen molar-refractivity contribution >= 4 is 17.5 Å². The lowest BCUT2D eigenvalue weighted by Crippen LogP contribution is -2.53. The number of hydrogen-bond acceptors (Lipinski definition) is 14. The Hall–Kier alpha value is -3.67. The van der Waals surface area contributed by atoms with Gasteiger partial charge in [-0.3, -0.25) is 19.3 Å². The summed E-state index contributed by atoms with van der Waals surface area (Å²) in [6.45, 7) is 5.22. The minimum atomic E-state index is -2.10. The van der Waals surface area contributed by atoms with Crippen LogP contribution in [0.1, 0.15) is 68.8 Å². The summed E-state index contributed by atoms with van der Waals surface area (Å²) in [6.07, 6.45) is -1.46. The number of aromatic hydroxyl groups is 2. The van der Waals surface area contributed by atoms with Crippen LogP contribution in [0.15, 0.2) is 18.2 Å². The van der Waals surface area contributed by atoms with Gasteiger partial charge in [-0.25, -0.2) is 0 Å². The highest BCUT2D eigenvalue weighted by molar-refractivity contribution is 6.31. The molecular formula is C34H43N3O12. The van der Waals surface area contributed by atoms with Gasteiger partial charge in [-0.15, -0.1) is 0 Å². The highest BCUT2D eigenvalue weighted by atomic mass is 16.7. The Morgan fingerprint density at radius 1 is 1.06 bits per heavy atom. The summed E-state index contributed by atoms with van der Waals surface area (Å²) in [5.41, 5.74) is -3.42. The van der Waals surface area contributed by atoms with Gasteiger partial charge in [-0.05, 0) is 26.5 Å². The first-order valence-electron chi connectivity index (χ1n) is 16.3. The van der Waals surface area contributed by atoms with E-state index in [9.17, 15) is 34.8 Å². The number of morpholine rings is 1. The molecule has 3 heterocycles. The molecule has 3 saturated heterocycles. The van der Waals surface area contributed by atoms with E-state index in [1.807, 2.05) is 0 Å².